The van der Waals surface area contributed by atoms with E-state index in [4.69, 9.17) is 9.36 Å². The first kappa shape index (κ1) is 19.8. The minimum atomic E-state index is 0.0336. The van der Waals surface area contributed by atoms with Crippen LogP contribution < -0.4 is 0 Å². The fourth-order valence-electron chi connectivity index (χ4n) is 5.22. The molecule has 1 aromatic rings. The first-order chi connectivity index (χ1) is 14.6. The summed E-state index contributed by atoms with van der Waals surface area (Å²) in [6.07, 6.45) is 10.5. The quantitative estimate of drug-likeness (QED) is 0.758. The summed E-state index contributed by atoms with van der Waals surface area (Å²) >= 11 is 0. The second-order valence-corrected chi connectivity index (χ2v) is 9.01. The number of likely N-dealkylation sites (N-methyl/N-ethyl adjacent to an activating group) is 1. The maximum absolute atomic E-state index is 13.1. The van der Waals surface area contributed by atoms with Gasteiger partial charge in [-0.1, -0.05) is 17.3 Å². The van der Waals surface area contributed by atoms with Crippen molar-refractivity contribution in [2.45, 2.75) is 57.4 Å². The molecule has 162 valence electrons. The topological polar surface area (TPSA) is 62.1 Å². The highest BCUT2D eigenvalue weighted by Gasteiger charge is 2.37. The van der Waals surface area contributed by atoms with Crippen LogP contribution in [0.1, 0.15) is 62.0 Å². The Labute approximate surface area is 178 Å². The van der Waals surface area contributed by atoms with E-state index in [1.54, 1.807) is 5.06 Å². The van der Waals surface area contributed by atoms with Gasteiger partial charge in [-0.15, -0.1) is 5.06 Å². The third-order valence-electron chi connectivity index (χ3n) is 7.18. The second-order valence-electron chi connectivity index (χ2n) is 9.01. The Morgan fingerprint density at radius 3 is 2.83 bits per heavy atom. The van der Waals surface area contributed by atoms with Crippen molar-refractivity contribution in [1.82, 2.24) is 20.0 Å². The van der Waals surface area contributed by atoms with Crippen molar-refractivity contribution in [2.75, 3.05) is 39.8 Å². The molecule has 7 nitrogen and oxygen atoms in total. The van der Waals surface area contributed by atoms with Crippen molar-refractivity contribution in [3.8, 4) is 0 Å². The zero-order valence-electron chi connectivity index (χ0n) is 18.1. The molecule has 3 aliphatic heterocycles. The van der Waals surface area contributed by atoms with Gasteiger partial charge in [-0.2, -0.15) is 0 Å². The molecule has 5 rings (SSSR count). The number of aryl methyl sites for hydroxylation is 1. The Morgan fingerprint density at radius 2 is 2.00 bits per heavy atom. The summed E-state index contributed by atoms with van der Waals surface area (Å²) < 4.78 is 5.59. The van der Waals surface area contributed by atoms with E-state index >= 15 is 0 Å². The number of piperidine rings is 1. The number of rotatable bonds is 4. The van der Waals surface area contributed by atoms with Gasteiger partial charge in [0.2, 0.25) is 0 Å². The third kappa shape index (κ3) is 3.58. The molecule has 1 unspecified atom stereocenters. The molecule has 1 fully saturated rings. The van der Waals surface area contributed by atoms with E-state index in [-0.39, 0.29) is 11.9 Å². The maximum Gasteiger partial charge on any atom is 0.255 e. The van der Waals surface area contributed by atoms with Crippen LogP contribution in [0.3, 0.4) is 0 Å². The highest BCUT2D eigenvalue weighted by atomic mass is 16.7. The standard InChI is InChI=1S/C23H32N4O3/c1-16-21-20(30-25(16)2)8-5-11-27(23(21)28)15-14-26-12-9-17(10-13-26)22-18-6-3-4-7-19(18)29-24-22/h3,6,16-17H,4-5,7-15H2,1-2H3. The molecule has 1 amide bonds. The lowest BCUT2D eigenvalue weighted by Crippen LogP contribution is -2.43. The van der Waals surface area contributed by atoms with Gasteiger partial charge in [-0.25, -0.2) is 0 Å². The minimum absolute atomic E-state index is 0.0336. The molecule has 0 saturated carbocycles. The first-order valence-corrected chi connectivity index (χ1v) is 11.4. The van der Waals surface area contributed by atoms with Crippen LogP contribution in [0, 0.1) is 0 Å². The van der Waals surface area contributed by atoms with Crippen LogP contribution in [-0.4, -0.2) is 71.7 Å². The monoisotopic (exact) mass is 412 g/mol. The molecule has 7 heteroatoms. The molecule has 30 heavy (non-hydrogen) atoms. The number of hydrogen-bond donors (Lipinski definition) is 0. The van der Waals surface area contributed by atoms with E-state index in [0.717, 1.165) is 94.0 Å². The summed E-state index contributed by atoms with van der Waals surface area (Å²) in [5, 5.41) is 6.21. The number of aromatic nitrogens is 1. The van der Waals surface area contributed by atoms with Crippen LogP contribution in [-0.2, 0) is 16.1 Å². The van der Waals surface area contributed by atoms with Crippen molar-refractivity contribution in [1.29, 1.82) is 0 Å². The summed E-state index contributed by atoms with van der Waals surface area (Å²) in [5.74, 6) is 2.58. The van der Waals surface area contributed by atoms with Crippen molar-refractivity contribution < 1.29 is 14.2 Å². The Bertz CT molecular complexity index is 866. The number of fused-ring (bicyclic) bond motifs is 1. The molecule has 0 radical (unpaired) electrons. The second kappa shape index (κ2) is 8.19. The predicted octanol–water partition coefficient (Wildman–Crippen LogP) is 2.96. The number of carbonyl (C=O) groups excluding carboxylic acids is 1. The van der Waals surface area contributed by atoms with Crippen molar-refractivity contribution in [3.63, 3.8) is 0 Å². The number of amides is 1. The summed E-state index contributed by atoms with van der Waals surface area (Å²) in [6.45, 7) is 6.69. The minimum Gasteiger partial charge on any atom is -0.410 e. The van der Waals surface area contributed by atoms with E-state index in [0.29, 0.717) is 5.92 Å². The van der Waals surface area contributed by atoms with Gasteiger partial charge in [0.05, 0.1) is 17.3 Å². The zero-order valence-corrected chi connectivity index (χ0v) is 18.1. The van der Waals surface area contributed by atoms with Crippen molar-refractivity contribution >= 4 is 12.0 Å². The van der Waals surface area contributed by atoms with E-state index in [1.165, 1.54) is 5.56 Å². The van der Waals surface area contributed by atoms with Crippen LogP contribution >= 0.6 is 0 Å². The number of hydroxylamine groups is 2. The van der Waals surface area contributed by atoms with Crippen molar-refractivity contribution in [3.05, 3.63) is 34.4 Å². The molecule has 1 saturated heterocycles. The lowest BCUT2D eigenvalue weighted by atomic mass is 9.89. The Hall–Kier alpha value is -2.12. The van der Waals surface area contributed by atoms with Gasteiger partial charge in [0.25, 0.3) is 5.91 Å². The first-order valence-electron chi connectivity index (χ1n) is 11.4. The molecule has 1 atom stereocenters. The molecule has 0 aromatic carbocycles. The van der Waals surface area contributed by atoms with E-state index < -0.39 is 0 Å². The van der Waals surface area contributed by atoms with Gasteiger partial charge in [0, 0.05) is 51.0 Å². The molecule has 1 aliphatic carbocycles. The maximum atomic E-state index is 13.1. The molecule has 4 aliphatic rings. The molecule has 0 spiro atoms. The van der Waals surface area contributed by atoms with Crippen molar-refractivity contribution in [2.24, 2.45) is 0 Å². The van der Waals surface area contributed by atoms with Gasteiger partial charge in [-0.3, -0.25) is 4.79 Å². The Morgan fingerprint density at radius 1 is 1.17 bits per heavy atom. The van der Waals surface area contributed by atoms with Crippen LogP contribution in [0.5, 0.6) is 0 Å². The van der Waals surface area contributed by atoms with Gasteiger partial charge in [0.1, 0.15) is 11.5 Å². The van der Waals surface area contributed by atoms with E-state index in [9.17, 15) is 4.79 Å². The molecule has 0 bridgehead atoms. The van der Waals surface area contributed by atoms with Crippen LogP contribution in [0.25, 0.3) is 6.08 Å². The fraction of sp³-hybridized carbons (Fsp3) is 0.652. The molecular weight excluding hydrogens is 380 g/mol. The average molecular weight is 413 g/mol. The van der Waals surface area contributed by atoms with Crippen LogP contribution in [0.15, 0.2) is 21.9 Å². The summed E-state index contributed by atoms with van der Waals surface area (Å²) in [7, 11) is 1.91. The normalized spacial score (nSPS) is 26.0. The number of likely N-dealkylation sites (tertiary alicyclic amines) is 1. The predicted molar refractivity (Wildman–Crippen MR) is 113 cm³/mol. The summed E-state index contributed by atoms with van der Waals surface area (Å²) in [6, 6.07) is 0.0336. The average Bonchev–Trinajstić information content (AvgIpc) is 3.26. The fourth-order valence-corrected chi connectivity index (χ4v) is 5.22. The number of hydrogen-bond acceptors (Lipinski definition) is 6. The van der Waals surface area contributed by atoms with Crippen LogP contribution in [0.4, 0.5) is 0 Å². The third-order valence-corrected chi connectivity index (χ3v) is 7.18. The Balaban J connectivity index is 1.16. The highest BCUT2D eigenvalue weighted by Crippen LogP contribution is 2.34. The van der Waals surface area contributed by atoms with Gasteiger partial charge >= 0.3 is 0 Å². The summed E-state index contributed by atoms with van der Waals surface area (Å²) in [5.41, 5.74) is 3.25. The number of nitrogens with zero attached hydrogens (tertiary/aromatic N) is 4. The smallest absolute Gasteiger partial charge is 0.255 e. The summed E-state index contributed by atoms with van der Waals surface area (Å²) in [4.78, 5) is 23.4. The Kier molecular flexibility index (Phi) is 5.41. The molecule has 4 heterocycles. The highest BCUT2D eigenvalue weighted by molar-refractivity contribution is 5.95. The van der Waals surface area contributed by atoms with Gasteiger partial charge < -0.3 is 19.2 Å². The van der Waals surface area contributed by atoms with E-state index in [2.05, 4.69) is 22.2 Å². The number of allylic oxidation sites excluding steroid dienone is 2. The van der Waals surface area contributed by atoms with Gasteiger partial charge in [0.15, 0.2) is 0 Å². The SMILES string of the molecule is CC1C2=C(CCCN(CCN3CCC(c4noc5c4C=CCC5)CC3)C2=O)ON1C. The van der Waals surface area contributed by atoms with Crippen LogP contribution in [0.2, 0.25) is 0 Å². The molecular formula is C23H32N4O3. The largest absolute Gasteiger partial charge is 0.410 e. The lowest BCUT2D eigenvalue weighted by molar-refractivity contribution is -0.129. The lowest BCUT2D eigenvalue weighted by Gasteiger charge is -2.33. The molecule has 1 aromatic heterocycles. The van der Waals surface area contributed by atoms with E-state index in [1.807, 2.05) is 18.9 Å². The number of carbonyl (C=O) groups is 1. The molecule has 0 N–H and O–H groups in total. The zero-order chi connectivity index (χ0) is 20.7. The van der Waals surface area contributed by atoms with Gasteiger partial charge in [-0.05, 0) is 45.7 Å².